The first-order valence-electron chi connectivity index (χ1n) is 9.34. The summed E-state index contributed by atoms with van der Waals surface area (Å²) in [5, 5.41) is 7.01. The lowest BCUT2D eigenvalue weighted by molar-refractivity contribution is -0.137. The molecular formula is C21H18BrF3N4O. The van der Waals surface area contributed by atoms with E-state index in [-0.39, 0.29) is 5.91 Å². The molecule has 2 heterocycles. The number of nitrogens with zero attached hydrogens (tertiary/aromatic N) is 3. The summed E-state index contributed by atoms with van der Waals surface area (Å²) in [7, 11) is 0. The summed E-state index contributed by atoms with van der Waals surface area (Å²) >= 11 is 3.39. The van der Waals surface area contributed by atoms with Crippen LogP contribution in [-0.2, 0) is 6.18 Å². The first-order chi connectivity index (χ1) is 14.3. The first kappa shape index (κ1) is 20.5. The molecule has 5 nitrogen and oxygen atoms in total. The summed E-state index contributed by atoms with van der Waals surface area (Å²) < 4.78 is 39.8. The molecule has 156 valence electrons. The molecule has 0 spiro atoms. The SMILES string of the molecule is O=C(c1cc(-c2ccc(Br)cc2)n[nH]1)N1CCN(c2cccc(C(F)(F)F)c2)CC1. The number of anilines is 1. The van der Waals surface area contributed by atoms with Gasteiger partial charge in [0.25, 0.3) is 5.91 Å². The summed E-state index contributed by atoms with van der Waals surface area (Å²) in [6.07, 6.45) is -4.37. The molecule has 1 amide bonds. The third-order valence-corrected chi connectivity index (χ3v) is 5.58. The second-order valence-electron chi connectivity index (χ2n) is 7.00. The number of alkyl halides is 3. The van der Waals surface area contributed by atoms with Crippen LogP contribution in [0.25, 0.3) is 11.3 Å². The van der Waals surface area contributed by atoms with E-state index in [0.717, 1.165) is 22.2 Å². The van der Waals surface area contributed by atoms with Crippen LogP contribution in [0.1, 0.15) is 16.1 Å². The Hall–Kier alpha value is -2.81. The molecule has 9 heteroatoms. The van der Waals surface area contributed by atoms with Crippen molar-refractivity contribution in [2.24, 2.45) is 0 Å². The van der Waals surface area contributed by atoms with Crippen LogP contribution >= 0.6 is 15.9 Å². The van der Waals surface area contributed by atoms with Crippen LogP contribution in [0, 0.1) is 0 Å². The van der Waals surface area contributed by atoms with Crippen LogP contribution < -0.4 is 4.90 Å². The van der Waals surface area contributed by atoms with Gasteiger partial charge in [-0.15, -0.1) is 0 Å². The maximum absolute atomic E-state index is 13.0. The van der Waals surface area contributed by atoms with E-state index in [1.165, 1.54) is 6.07 Å². The van der Waals surface area contributed by atoms with Crippen LogP contribution in [0.5, 0.6) is 0 Å². The molecule has 1 fully saturated rings. The van der Waals surface area contributed by atoms with Crippen molar-refractivity contribution in [3.63, 3.8) is 0 Å². The number of aromatic nitrogens is 2. The van der Waals surface area contributed by atoms with Crippen molar-refractivity contribution in [2.75, 3.05) is 31.1 Å². The smallest absolute Gasteiger partial charge is 0.368 e. The number of piperazine rings is 1. The molecule has 0 bridgehead atoms. The fraction of sp³-hybridized carbons (Fsp3) is 0.238. The number of benzene rings is 2. The van der Waals surface area contributed by atoms with Crippen LogP contribution in [0.3, 0.4) is 0 Å². The highest BCUT2D eigenvalue weighted by molar-refractivity contribution is 9.10. The minimum Gasteiger partial charge on any atom is -0.368 e. The number of halogens is 4. The zero-order valence-corrected chi connectivity index (χ0v) is 17.4. The van der Waals surface area contributed by atoms with Crippen molar-refractivity contribution in [3.05, 3.63) is 70.3 Å². The van der Waals surface area contributed by atoms with Gasteiger partial charge in [-0.2, -0.15) is 18.3 Å². The Labute approximate surface area is 179 Å². The van der Waals surface area contributed by atoms with Gasteiger partial charge in [-0.05, 0) is 36.4 Å². The zero-order valence-electron chi connectivity index (χ0n) is 15.8. The van der Waals surface area contributed by atoms with Crippen molar-refractivity contribution in [1.29, 1.82) is 0 Å². The number of H-pyrrole nitrogens is 1. The van der Waals surface area contributed by atoms with E-state index >= 15 is 0 Å². The summed E-state index contributed by atoms with van der Waals surface area (Å²) in [5.74, 6) is -0.172. The third kappa shape index (κ3) is 4.35. The molecule has 1 aliphatic heterocycles. The Balaban J connectivity index is 1.41. The standard InChI is InChI=1S/C21H18BrF3N4O/c22-16-6-4-14(5-7-16)18-13-19(27-26-18)20(30)29-10-8-28(9-11-29)17-3-1-2-15(12-17)21(23,24)25/h1-7,12-13H,8-11H2,(H,26,27). The van der Waals surface area contributed by atoms with E-state index in [1.807, 2.05) is 29.2 Å². The summed E-state index contributed by atoms with van der Waals surface area (Å²) in [4.78, 5) is 16.4. The molecule has 2 aromatic carbocycles. The van der Waals surface area contributed by atoms with Crippen LogP contribution in [-0.4, -0.2) is 47.2 Å². The predicted octanol–water partition coefficient (Wildman–Crippen LogP) is 4.82. The zero-order chi connectivity index (χ0) is 21.3. The van der Waals surface area contributed by atoms with E-state index in [2.05, 4.69) is 26.1 Å². The summed E-state index contributed by atoms with van der Waals surface area (Å²) in [6.45, 7) is 1.75. The molecule has 1 aromatic heterocycles. The fourth-order valence-electron chi connectivity index (χ4n) is 3.42. The largest absolute Gasteiger partial charge is 0.416 e. The van der Waals surface area contributed by atoms with Crippen molar-refractivity contribution in [3.8, 4) is 11.3 Å². The van der Waals surface area contributed by atoms with Crippen molar-refractivity contribution in [2.45, 2.75) is 6.18 Å². The Kier molecular flexibility index (Phi) is 5.55. The van der Waals surface area contributed by atoms with Gasteiger partial charge in [-0.3, -0.25) is 9.89 Å². The fourth-order valence-corrected chi connectivity index (χ4v) is 3.68. The van der Waals surface area contributed by atoms with Crippen LogP contribution in [0.15, 0.2) is 59.1 Å². The number of nitrogens with one attached hydrogen (secondary N) is 1. The van der Waals surface area contributed by atoms with Gasteiger partial charge in [0, 0.05) is 41.9 Å². The number of aromatic amines is 1. The van der Waals surface area contributed by atoms with Crippen molar-refractivity contribution < 1.29 is 18.0 Å². The van der Waals surface area contributed by atoms with Gasteiger partial charge in [0.05, 0.1) is 11.3 Å². The lowest BCUT2D eigenvalue weighted by atomic mass is 10.1. The maximum atomic E-state index is 13.0. The minimum atomic E-state index is -4.37. The van der Waals surface area contributed by atoms with E-state index < -0.39 is 11.7 Å². The molecule has 1 saturated heterocycles. The molecule has 30 heavy (non-hydrogen) atoms. The number of amides is 1. The molecule has 0 unspecified atom stereocenters. The Morgan fingerprint density at radius 3 is 2.37 bits per heavy atom. The van der Waals surface area contributed by atoms with Crippen LogP contribution in [0.4, 0.5) is 18.9 Å². The second kappa shape index (κ2) is 8.14. The molecule has 0 aliphatic carbocycles. The van der Waals surface area contributed by atoms with Gasteiger partial charge in [0.1, 0.15) is 5.69 Å². The van der Waals surface area contributed by atoms with Gasteiger partial charge in [0.15, 0.2) is 0 Å². The quantitative estimate of drug-likeness (QED) is 0.586. The highest BCUT2D eigenvalue weighted by atomic mass is 79.9. The van der Waals surface area contributed by atoms with Gasteiger partial charge >= 0.3 is 6.18 Å². The lowest BCUT2D eigenvalue weighted by Crippen LogP contribution is -2.49. The van der Waals surface area contributed by atoms with E-state index in [0.29, 0.717) is 43.3 Å². The minimum absolute atomic E-state index is 0.172. The van der Waals surface area contributed by atoms with Crippen molar-refractivity contribution >= 4 is 27.5 Å². The highest BCUT2D eigenvalue weighted by Gasteiger charge is 2.31. The maximum Gasteiger partial charge on any atom is 0.416 e. The number of rotatable bonds is 3. The Bertz CT molecular complexity index is 1040. The van der Waals surface area contributed by atoms with Gasteiger partial charge in [0.2, 0.25) is 0 Å². The van der Waals surface area contributed by atoms with Gasteiger partial charge < -0.3 is 9.80 Å². The molecule has 1 aliphatic rings. The highest BCUT2D eigenvalue weighted by Crippen LogP contribution is 2.32. The molecule has 3 aromatic rings. The van der Waals surface area contributed by atoms with Gasteiger partial charge in [-0.25, -0.2) is 0 Å². The van der Waals surface area contributed by atoms with E-state index in [1.54, 1.807) is 17.0 Å². The first-order valence-corrected chi connectivity index (χ1v) is 10.1. The normalized spacial score (nSPS) is 14.8. The molecule has 4 rings (SSSR count). The predicted molar refractivity (Wildman–Crippen MR) is 111 cm³/mol. The Morgan fingerprint density at radius 1 is 1.00 bits per heavy atom. The van der Waals surface area contributed by atoms with E-state index in [4.69, 9.17) is 0 Å². The van der Waals surface area contributed by atoms with Gasteiger partial charge in [-0.1, -0.05) is 34.1 Å². The monoisotopic (exact) mass is 478 g/mol. The molecule has 1 N–H and O–H groups in total. The molecule has 0 atom stereocenters. The second-order valence-corrected chi connectivity index (χ2v) is 7.92. The topological polar surface area (TPSA) is 52.2 Å². The average Bonchev–Trinajstić information content (AvgIpc) is 3.24. The average molecular weight is 479 g/mol. The summed E-state index contributed by atoms with van der Waals surface area (Å²) in [5.41, 5.74) is 1.80. The molecule has 0 saturated carbocycles. The lowest BCUT2D eigenvalue weighted by Gasteiger charge is -2.36. The Morgan fingerprint density at radius 2 is 1.70 bits per heavy atom. The van der Waals surface area contributed by atoms with Crippen LogP contribution in [0.2, 0.25) is 0 Å². The molecule has 0 radical (unpaired) electrons. The number of carbonyl (C=O) groups is 1. The number of hydrogen-bond acceptors (Lipinski definition) is 3. The number of hydrogen-bond donors (Lipinski definition) is 1. The molecular weight excluding hydrogens is 461 g/mol. The third-order valence-electron chi connectivity index (χ3n) is 5.05. The number of carbonyl (C=O) groups excluding carboxylic acids is 1. The van der Waals surface area contributed by atoms with Crippen molar-refractivity contribution in [1.82, 2.24) is 15.1 Å². The summed E-state index contributed by atoms with van der Waals surface area (Å²) in [6, 6.07) is 14.6. The van der Waals surface area contributed by atoms with E-state index in [9.17, 15) is 18.0 Å².